The third-order valence-corrected chi connectivity index (χ3v) is 5.46. The van der Waals surface area contributed by atoms with Crippen LogP contribution in [0.1, 0.15) is 25.3 Å². The summed E-state index contributed by atoms with van der Waals surface area (Å²) in [6, 6.07) is 9.25. The lowest BCUT2D eigenvalue weighted by atomic mass is 10.1. The number of H-pyrrole nitrogens is 1. The number of fused-ring (bicyclic) bond motifs is 1. The Morgan fingerprint density at radius 1 is 1.37 bits per heavy atom. The van der Waals surface area contributed by atoms with Crippen molar-refractivity contribution in [3.63, 3.8) is 0 Å². The zero-order valence-electron chi connectivity index (χ0n) is 11.5. The van der Waals surface area contributed by atoms with Crippen LogP contribution in [0.4, 0.5) is 0 Å². The first kappa shape index (κ1) is 13.1. The zero-order chi connectivity index (χ0) is 13.1. The number of benzene rings is 1. The molecule has 2 nitrogen and oxygen atoms in total. The van der Waals surface area contributed by atoms with Gasteiger partial charge in [-0.2, -0.15) is 11.8 Å². The summed E-state index contributed by atoms with van der Waals surface area (Å²) >= 11 is 2.11. The molecular formula is C16H22N2S. The standard InChI is InChI=1S/C16H22N2S/c1-12-15(7-4-10-19-12)17-9-8-13-11-18-16-6-3-2-5-14(13)16/h2-3,5-6,11-12,15,17-18H,4,7-10H2,1H3. The van der Waals surface area contributed by atoms with Gasteiger partial charge in [0.15, 0.2) is 0 Å². The fraction of sp³-hybridized carbons (Fsp3) is 0.500. The number of hydrogen-bond acceptors (Lipinski definition) is 2. The number of thioether (sulfide) groups is 1. The van der Waals surface area contributed by atoms with Crippen molar-refractivity contribution in [2.75, 3.05) is 12.3 Å². The number of hydrogen-bond donors (Lipinski definition) is 2. The van der Waals surface area contributed by atoms with E-state index in [-0.39, 0.29) is 0 Å². The maximum absolute atomic E-state index is 3.74. The monoisotopic (exact) mass is 274 g/mol. The molecule has 1 fully saturated rings. The van der Waals surface area contributed by atoms with E-state index in [9.17, 15) is 0 Å². The van der Waals surface area contributed by atoms with Gasteiger partial charge in [0.1, 0.15) is 0 Å². The van der Waals surface area contributed by atoms with Crippen LogP contribution in [0.3, 0.4) is 0 Å². The maximum atomic E-state index is 3.74. The third kappa shape index (κ3) is 2.98. The first-order valence-corrected chi connectivity index (χ1v) is 8.29. The van der Waals surface area contributed by atoms with Gasteiger partial charge in [-0.3, -0.25) is 0 Å². The van der Waals surface area contributed by atoms with Crippen molar-refractivity contribution >= 4 is 22.7 Å². The van der Waals surface area contributed by atoms with Crippen molar-refractivity contribution in [2.45, 2.75) is 37.5 Å². The minimum absolute atomic E-state index is 0.698. The van der Waals surface area contributed by atoms with Crippen molar-refractivity contribution in [2.24, 2.45) is 0 Å². The zero-order valence-corrected chi connectivity index (χ0v) is 12.3. The maximum Gasteiger partial charge on any atom is 0.0456 e. The van der Waals surface area contributed by atoms with Crippen molar-refractivity contribution in [3.8, 4) is 0 Å². The predicted octanol–water partition coefficient (Wildman–Crippen LogP) is 3.58. The molecule has 1 aromatic heterocycles. The molecule has 2 atom stereocenters. The summed E-state index contributed by atoms with van der Waals surface area (Å²) in [4.78, 5) is 3.35. The Bertz CT molecular complexity index is 534. The first-order chi connectivity index (χ1) is 9.34. The molecule has 0 bridgehead atoms. The van der Waals surface area contributed by atoms with Gasteiger partial charge in [-0.25, -0.2) is 0 Å². The lowest BCUT2D eigenvalue weighted by molar-refractivity contribution is 0.466. The molecule has 1 aliphatic heterocycles. The SMILES string of the molecule is CC1SCCCC1NCCc1c[nH]c2ccccc12. The van der Waals surface area contributed by atoms with Gasteiger partial charge in [0.2, 0.25) is 0 Å². The van der Waals surface area contributed by atoms with E-state index < -0.39 is 0 Å². The Labute approximate surface area is 119 Å². The molecule has 0 amide bonds. The molecule has 3 heteroatoms. The van der Waals surface area contributed by atoms with Gasteiger partial charge < -0.3 is 10.3 Å². The Kier molecular flexibility index (Phi) is 4.14. The van der Waals surface area contributed by atoms with E-state index in [4.69, 9.17) is 0 Å². The van der Waals surface area contributed by atoms with Crippen LogP contribution in [0.5, 0.6) is 0 Å². The molecular weight excluding hydrogens is 252 g/mol. The molecule has 2 heterocycles. The van der Waals surface area contributed by atoms with E-state index in [1.54, 1.807) is 0 Å². The lowest BCUT2D eigenvalue weighted by Gasteiger charge is -2.29. The van der Waals surface area contributed by atoms with Crippen LogP contribution in [0.15, 0.2) is 30.5 Å². The van der Waals surface area contributed by atoms with Crippen LogP contribution >= 0.6 is 11.8 Å². The number of nitrogens with one attached hydrogen (secondary N) is 2. The number of para-hydroxylation sites is 1. The minimum atomic E-state index is 0.698. The van der Waals surface area contributed by atoms with Gasteiger partial charge in [0.25, 0.3) is 0 Å². The molecule has 2 unspecified atom stereocenters. The molecule has 0 saturated carbocycles. The molecule has 102 valence electrons. The second-order valence-corrected chi connectivity index (χ2v) is 6.87. The smallest absolute Gasteiger partial charge is 0.0456 e. The van der Waals surface area contributed by atoms with E-state index >= 15 is 0 Å². The van der Waals surface area contributed by atoms with Gasteiger partial charge in [0, 0.05) is 28.4 Å². The number of aromatic amines is 1. The van der Waals surface area contributed by atoms with Crippen LogP contribution < -0.4 is 5.32 Å². The highest BCUT2D eigenvalue weighted by atomic mass is 32.2. The van der Waals surface area contributed by atoms with Crippen molar-refractivity contribution < 1.29 is 0 Å². The number of rotatable bonds is 4. The largest absolute Gasteiger partial charge is 0.361 e. The Balaban J connectivity index is 1.57. The summed E-state index contributed by atoms with van der Waals surface area (Å²) in [5, 5.41) is 5.87. The molecule has 19 heavy (non-hydrogen) atoms. The van der Waals surface area contributed by atoms with Crippen molar-refractivity contribution in [1.29, 1.82) is 0 Å². The quantitative estimate of drug-likeness (QED) is 0.892. The molecule has 3 rings (SSSR count). The molecule has 0 aliphatic carbocycles. The van der Waals surface area contributed by atoms with Gasteiger partial charge in [0.05, 0.1) is 0 Å². The Morgan fingerprint density at radius 3 is 3.16 bits per heavy atom. The molecule has 2 N–H and O–H groups in total. The van der Waals surface area contributed by atoms with E-state index in [0.29, 0.717) is 6.04 Å². The predicted molar refractivity (Wildman–Crippen MR) is 84.9 cm³/mol. The average Bonchev–Trinajstić information content (AvgIpc) is 2.85. The summed E-state index contributed by atoms with van der Waals surface area (Å²) in [5.41, 5.74) is 2.68. The fourth-order valence-corrected chi connectivity index (χ4v) is 4.09. The molecule has 1 aliphatic rings. The Morgan fingerprint density at radius 2 is 2.26 bits per heavy atom. The summed E-state index contributed by atoms with van der Waals surface area (Å²) in [5.74, 6) is 1.34. The molecule has 1 saturated heterocycles. The number of aromatic nitrogens is 1. The summed E-state index contributed by atoms with van der Waals surface area (Å²) < 4.78 is 0. The molecule has 2 aromatic rings. The van der Waals surface area contributed by atoms with Crippen molar-refractivity contribution in [1.82, 2.24) is 10.3 Å². The van der Waals surface area contributed by atoms with E-state index in [0.717, 1.165) is 18.2 Å². The highest BCUT2D eigenvalue weighted by Crippen LogP contribution is 2.25. The van der Waals surface area contributed by atoms with Crippen molar-refractivity contribution in [3.05, 3.63) is 36.0 Å². The van der Waals surface area contributed by atoms with Gasteiger partial charge in [-0.05, 0) is 43.2 Å². The van der Waals surface area contributed by atoms with E-state index in [1.165, 1.54) is 35.1 Å². The second-order valence-electron chi connectivity index (χ2n) is 5.39. The van der Waals surface area contributed by atoms with Gasteiger partial charge in [-0.1, -0.05) is 25.1 Å². The van der Waals surface area contributed by atoms with E-state index in [2.05, 4.69) is 59.4 Å². The second kappa shape index (κ2) is 6.02. The van der Waals surface area contributed by atoms with Crippen LogP contribution in [-0.2, 0) is 6.42 Å². The highest BCUT2D eigenvalue weighted by molar-refractivity contribution is 7.99. The third-order valence-electron chi connectivity index (χ3n) is 4.08. The Hall–Kier alpha value is -0.930. The highest BCUT2D eigenvalue weighted by Gasteiger charge is 2.20. The minimum Gasteiger partial charge on any atom is -0.361 e. The first-order valence-electron chi connectivity index (χ1n) is 7.24. The molecule has 0 spiro atoms. The van der Waals surface area contributed by atoms with Crippen LogP contribution in [-0.4, -0.2) is 28.6 Å². The molecule has 1 aromatic carbocycles. The van der Waals surface area contributed by atoms with Gasteiger partial charge in [-0.15, -0.1) is 0 Å². The summed E-state index contributed by atoms with van der Waals surface area (Å²) in [6.07, 6.45) is 5.96. The normalized spacial score (nSPS) is 23.8. The fourth-order valence-electron chi connectivity index (χ4n) is 2.92. The molecule has 0 radical (unpaired) electrons. The van der Waals surface area contributed by atoms with Gasteiger partial charge >= 0.3 is 0 Å². The van der Waals surface area contributed by atoms with Crippen LogP contribution in [0.25, 0.3) is 10.9 Å². The van der Waals surface area contributed by atoms with Crippen LogP contribution in [0.2, 0.25) is 0 Å². The lowest BCUT2D eigenvalue weighted by Crippen LogP contribution is -2.40. The topological polar surface area (TPSA) is 27.8 Å². The average molecular weight is 274 g/mol. The van der Waals surface area contributed by atoms with Crippen LogP contribution in [0, 0.1) is 0 Å². The summed E-state index contributed by atoms with van der Waals surface area (Å²) in [6.45, 7) is 3.44. The van der Waals surface area contributed by atoms with E-state index in [1.807, 2.05) is 0 Å². The summed E-state index contributed by atoms with van der Waals surface area (Å²) in [7, 11) is 0.